The minimum absolute atomic E-state index is 0.259. The number of anilines is 1. The van der Waals surface area contributed by atoms with Crippen LogP contribution in [0.1, 0.15) is 43.4 Å². The van der Waals surface area contributed by atoms with Crippen molar-refractivity contribution >= 4 is 33.7 Å². The number of aromatic nitrogens is 1. The smallest absolute Gasteiger partial charge is 0.231 e. The van der Waals surface area contributed by atoms with E-state index < -0.39 is 0 Å². The highest BCUT2D eigenvalue weighted by Crippen LogP contribution is 2.43. The van der Waals surface area contributed by atoms with Crippen LogP contribution in [0.25, 0.3) is 0 Å². The zero-order chi connectivity index (χ0) is 16.4. The molecule has 1 amide bonds. The van der Waals surface area contributed by atoms with Gasteiger partial charge in [0, 0.05) is 35.6 Å². The van der Waals surface area contributed by atoms with Crippen molar-refractivity contribution in [2.24, 2.45) is 0 Å². The predicted molar refractivity (Wildman–Crippen MR) is 100.0 cm³/mol. The molecule has 1 aliphatic carbocycles. The van der Waals surface area contributed by atoms with Crippen molar-refractivity contribution < 1.29 is 4.79 Å². The minimum atomic E-state index is -0.263. The zero-order valence-electron chi connectivity index (χ0n) is 13.7. The van der Waals surface area contributed by atoms with Crippen LogP contribution in [0.3, 0.4) is 0 Å². The van der Waals surface area contributed by atoms with Crippen LogP contribution in [0.2, 0.25) is 0 Å². The minimum Gasteiger partial charge on any atom is -0.352 e. The highest BCUT2D eigenvalue weighted by atomic mass is 32.1. The first-order valence-electron chi connectivity index (χ1n) is 8.77. The first kappa shape index (κ1) is 16.1. The van der Waals surface area contributed by atoms with E-state index in [1.807, 2.05) is 11.6 Å². The van der Waals surface area contributed by atoms with Gasteiger partial charge in [0.25, 0.3) is 0 Å². The van der Waals surface area contributed by atoms with Crippen LogP contribution in [0.5, 0.6) is 0 Å². The quantitative estimate of drug-likeness (QED) is 0.901. The Morgan fingerprint density at radius 3 is 2.62 bits per heavy atom. The Balaban J connectivity index is 1.39. The molecule has 1 aliphatic heterocycles. The molecule has 0 radical (unpaired) electrons. The first-order valence-corrected chi connectivity index (χ1v) is 10.5. The summed E-state index contributed by atoms with van der Waals surface area (Å²) in [5.41, 5.74) is -0.263. The van der Waals surface area contributed by atoms with Crippen molar-refractivity contribution in [3.63, 3.8) is 0 Å². The second-order valence-corrected chi connectivity index (χ2v) is 8.64. The molecule has 0 aromatic carbocycles. The Kier molecular flexibility index (Phi) is 4.59. The maximum absolute atomic E-state index is 13.1. The number of nitrogens with one attached hydrogen (secondary N) is 1. The van der Waals surface area contributed by atoms with Crippen LogP contribution in [0.4, 0.5) is 5.13 Å². The molecule has 2 aromatic rings. The molecule has 4 rings (SSSR count). The molecule has 1 N–H and O–H groups in total. The van der Waals surface area contributed by atoms with Crippen LogP contribution in [-0.4, -0.2) is 30.0 Å². The molecule has 2 fully saturated rings. The molecule has 0 spiro atoms. The summed E-state index contributed by atoms with van der Waals surface area (Å²) in [6.45, 7) is 1.95. The van der Waals surface area contributed by atoms with Gasteiger partial charge < -0.3 is 10.2 Å². The zero-order valence-corrected chi connectivity index (χ0v) is 15.4. The average molecular weight is 362 g/mol. The molecule has 2 aromatic heterocycles. The molecule has 0 bridgehead atoms. The van der Waals surface area contributed by atoms with E-state index in [0.717, 1.165) is 56.7 Å². The maximum atomic E-state index is 13.1. The summed E-state index contributed by atoms with van der Waals surface area (Å²) >= 11 is 3.42. The number of hydrogen-bond donors (Lipinski definition) is 1. The van der Waals surface area contributed by atoms with Crippen molar-refractivity contribution in [2.45, 2.75) is 50.0 Å². The van der Waals surface area contributed by atoms with Crippen molar-refractivity contribution in [1.82, 2.24) is 10.3 Å². The predicted octanol–water partition coefficient (Wildman–Crippen LogP) is 3.80. The lowest BCUT2D eigenvalue weighted by Crippen LogP contribution is -2.50. The number of thiazole rings is 1. The molecule has 2 aliphatic rings. The van der Waals surface area contributed by atoms with E-state index in [4.69, 9.17) is 0 Å². The van der Waals surface area contributed by atoms with Gasteiger partial charge in [-0.3, -0.25) is 4.79 Å². The van der Waals surface area contributed by atoms with Crippen LogP contribution >= 0.6 is 22.7 Å². The second-order valence-electron chi connectivity index (χ2n) is 6.82. The Bertz CT molecular complexity index is 655. The number of rotatable bonds is 4. The molecule has 0 unspecified atom stereocenters. The van der Waals surface area contributed by atoms with Gasteiger partial charge in [-0.25, -0.2) is 4.98 Å². The summed E-state index contributed by atoms with van der Waals surface area (Å²) in [6, 6.07) is 4.51. The molecule has 0 atom stereocenters. The normalized spacial score (nSPS) is 21.1. The number of thiophene rings is 1. The maximum Gasteiger partial charge on any atom is 0.231 e. The fourth-order valence-electron chi connectivity index (χ4n) is 4.03. The van der Waals surface area contributed by atoms with Gasteiger partial charge in [0.2, 0.25) is 5.91 Å². The Labute approximate surface area is 150 Å². The molecule has 24 heavy (non-hydrogen) atoms. The lowest BCUT2D eigenvalue weighted by molar-refractivity contribution is -0.127. The monoisotopic (exact) mass is 361 g/mol. The largest absolute Gasteiger partial charge is 0.352 e. The number of amides is 1. The van der Waals surface area contributed by atoms with E-state index in [2.05, 4.69) is 32.7 Å². The van der Waals surface area contributed by atoms with Gasteiger partial charge in [-0.15, -0.1) is 22.7 Å². The van der Waals surface area contributed by atoms with Crippen LogP contribution in [-0.2, 0) is 10.2 Å². The molecular formula is C18H23N3OS2. The number of piperidine rings is 1. The Hall–Kier alpha value is -1.40. The van der Waals surface area contributed by atoms with Crippen molar-refractivity contribution in [1.29, 1.82) is 0 Å². The van der Waals surface area contributed by atoms with Gasteiger partial charge >= 0.3 is 0 Å². The number of carbonyl (C=O) groups is 1. The van der Waals surface area contributed by atoms with Gasteiger partial charge in [0.05, 0.1) is 5.41 Å². The lowest BCUT2D eigenvalue weighted by atomic mass is 9.83. The highest BCUT2D eigenvalue weighted by molar-refractivity contribution is 7.13. The second kappa shape index (κ2) is 6.84. The molecule has 1 saturated carbocycles. The topological polar surface area (TPSA) is 45.2 Å². The summed E-state index contributed by atoms with van der Waals surface area (Å²) in [7, 11) is 0. The number of carbonyl (C=O) groups excluding carboxylic acids is 1. The molecule has 6 heteroatoms. The summed E-state index contributed by atoms with van der Waals surface area (Å²) in [5.74, 6) is 0.259. The van der Waals surface area contributed by atoms with Gasteiger partial charge in [-0.1, -0.05) is 18.9 Å². The summed E-state index contributed by atoms with van der Waals surface area (Å²) in [5, 5.41) is 8.60. The van der Waals surface area contributed by atoms with E-state index in [1.54, 1.807) is 22.7 Å². The van der Waals surface area contributed by atoms with Crippen molar-refractivity contribution in [2.75, 3.05) is 18.0 Å². The number of nitrogens with zero attached hydrogens (tertiary/aromatic N) is 2. The van der Waals surface area contributed by atoms with Crippen molar-refractivity contribution in [3.8, 4) is 0 Å². The fraction of sp³-hybridized carbons (Fsp3) is 0.556. The number of hydrogen-bond acceptors (Lipinski definition) is 5. The molecule has 3 heterocycles. The van der Waals surface area contributed by atoms with Gasteiger partial charge in [0.15, 0.2) is 5.13 Å². The summed E-state index contributed by atoms with van der Waals surface area (Å²) in [6.07, 6.45) is 8.19. The summed E-state index contributed by atoms with van der Waals surface area (Å²) in [4.78, 5) is 21.1. The van der Waals surface area contributed by atoms with Crippen LogP contribution in [0.15, 0.2) is 29.1 Å². The van der Waals surface area contributed by atoms with E-state index in [9.17, 15) is 4.79 Å². The van der Waals surface area contributed by atoms with Crippen molar-refractivity contribution in [3.05, 3.63) is 34.0 Å². The van der Waals surface area contributed by atoms with E-state index in [1.165, 1.54) is 4.88 Å². The van der Waals surface area contributed by atoms with Crippen LogP contribution in [0, 0.1) is 0 Å². The third-order valence-electron chi connectivity index (χ3n) is 5.40. The van der Waals surface area contributed by atoms with E-state index in [-0.39, 0.29) is 11.3 Å². The molecule has 4 nitrogen and oxygen atoms in total. The fourth-order valence-corrected chi connectivity index (χ4v) is 5.71. The molecule has 128 valence electrons. The Morgan fingerprint density at radius 1 is 1.21 bits per heavy atom. The summed E-state index contributed by atoms with van der Waals surface area (Å²) < 4.78 is 0. The standard InChI is InChI=1S/C18H23N3OS2/c22-16(18(7-1-2-8-18)15-4-3-12-23-15)20-14-5-10-21(11-6-14)17-19-9-13-24-17/h3-4,9,12-14H,1-2,5-8,10-11H2,(H,20,22). The van der Waals surface area contributed by atoms with E-state index in [0.29, 0.717) is 6.04 Å². The van der Waals surface area contributed by atoms with Crippen LogP contribution < -0.4 is 10.2 Å². The lowest BCUT2D eigenvalue weighted by Gasteiger charge is -2.35. The molecule has 1 saturated heterocycles. The van der Waals surface area contributed by atoms with E-state index >= 15 is 0 Å². The van der Waals surface area contributed by atoms with Gasteiger partial charge in [-0.05, 0) is 37.1 Å². The van der Waals surface area contributed by atoms with Gasteiger partial charge in [-0.2, -0.15) is 0 Å². The third-order valence-corrected chi connectivity index (χ3v) is 7.31. The molecular weight excluding hydrogens is 338 g/mol. The highest BCUT2D eigenvalue weighted by Gasteiger charge is 2.44. The first-order chi connectivity index (χ1) is 11.8. The third kappa shape index (κ3) is 2.97. The Morgan fingerprint density at radius 2 is 2.00 bits per heavy atom. The average Bonchev–Trinajstić information content (AvgIpc) is 3.36. The van der Waals surface area contributed by atoms with Gasteiger partial charge in [0.1, 0.15) is 0 Å². The SMILES string of the molecule is O=C(NC1CCN(c2nccs2)CC1)C1(c2cccs2)CCCC1.